The number of nitrogens with two attached hydrogens (primary N) is 1. The van der Waals surface area contributed by atoms with E-state index in [0.29, 0.717) is 10.9 Å². The van der Waals surface area contributed by atoms with Crippen molar-refractivity contribution >= 4 is 17.7 Å². The van der Waals surface area contributed by atoms with Gasteiger partial charge in [0.05, 0.1) is 5.75 Å². The Kier molecular flexibility index (Phi) is 3.88. The number of carbonyl (C=O) groups is 1. The lowest BCUT2D eigenvalue weighted by molar-refractivity contribution is -0.127. The number of rotatable bonds is 4. The fraction of sp³-hybridized carbons (Fsp3) is 0.700. The van der Waals surface area contributed by atoms with Gasteiger partial charge in [0, 0.05) is 19.5 Å². The molecule has 1 amide bonds. The van der Waals surface area contributed by atoms with Crippen LogP contribution < -0.4 is 5.84 Å². The van der Waals surface area contributed by atoms with Crippen molar-refractivity contribution in [3.05, 3.63) is 5.82 Å². The summed E-state index contributed by atoms with van der Waals surface area (Å²) >= 11 is 1.35. The molecule has 0 saturated carbocycles. The third-order valence-corrected chi connectivity index (χ3v) is 3.76. The van der Waals surface area contributed by atoms with Crippen LogP contribution >= 0.6 is 11.8 Å². The molecule has 0 atom stereocenters. The summed E-state index contributed by atoms with van der Waals surface area (Å²) in [6.45, 7) is 3.74. The molecule has 1 fully saturated rings. The average molecular weight is 255 g/mol. The van der Waals surface area contributed by atoms with Crippen molar-refractivity contribution < 1.29 is 4.79 Å². The molecule has 1 aromatic heterocycles. The Morgan fingerprint density at radius 3 is 2.71 bits per heavy atom. The van der Waals surface area contributed by atoms with Gasteiger partial charge < -0.3 is 10.7 Å². The van der Waals surface area contributed by atoms with Crippen LogP contribution in [0, 0.1) is 0 Å². The molecule has 2 rings (SSSR count). The van der Waals surface area contributed by atoms with Crippen LogP contribution in [0.2, 0.25) is 0 Å². The van der Waals surface area contributed by atoms with E-state index in [1.54, 1.807) is 0 Å². The van der Waals surface area contributed by atoms with E-state index in [2.05, 4.69) is 10.2 Å². The monoisotopic (exact) mass is 255 g/mol. The molecule has 94 valence electrons. The maximum atomic E-state index is 11.8. The van der Waals surface area contributed by atoms with E-state index >= 15 is 0 Å². The molecule has 2 heterocycles. The Morgan fingerprint density at radius 1 is 1.41 bits per heavy atom. The second kappa shape index (κ2) is 5.39. The van der Waals surface area contributed by atoms with Crippen molar-refractivity contribution in [2.45, 2.75) is 31.3 Å². The summed E-state index contributed by atoms with van der Waals surface area (Å²) in [7, 11) is 0. The van der Waals surface area contributed by atoms with Crippen LogP contribution in [0.25, 0.3) is 0 Å². The number of hydrogen-bond donors (Lipinski definition) is 1. The van der Waals surface area contributed by atoms with Gasteiger partial charge in [0.2, 0.25) is 11.1 Å². The Morgan fingerprint density at radius 2 is 2.12 bits per heavy atom. The average Bonchev–Trinajstić information content (AvgIpc) is 2.96. The predicted molar refractivity (Wildman–Crippen MR) is 66.1 cm³/mol. The Labute approximate surface area is 105 Å². The molecule has 1 saturated heterocycles. The number of nitrogen functional groups attached to an aromatic ring is 1. The van der Waals surface area contributed by atoms with Crippen LogP contribution in [0.3, 0.4) is 0 Å². The fourth-order valence-corrected chi connectivity index (χ4v) is 2.61. The number of hydrogen-bond acceptors (Lipinski definition) is 5. The zero-order valence-corrected chi connectivity index (χ0v) is 10.7. The standard InChI is InChI=1S/C10H17N5OS/c1-2-8-12-13-10(15(8)11)17-7-9(16)14-5-3-4-6-14/h2-7,11H2,1H3. The van der Waals surface area contributed by atoms with Gasteiger partial charge >= 0.3 is 0 Å². The quantitative estimate of drug-likeness (QED) is 0.617. The van der Waals surface area contributed by atoms with Gasteiger partial charge in [0.1, 0.15) is 0 Å². The molecule has 17 heavy (non-hydrogen) atoms. The largest absolute Gasteiger partial charge is 0.342 e. The lowest BCUT2D eigenvalue weighted by atomic mass is 10.4. The summed E-state index contributed by atoms with van der Waals surface area (Å²) in [6.07, 6.45) is 2.97. The molecule has 2 N–H and O–H groups in total. The summed E-state index contributed by atoms with van der Waals surface area (Å²) in [5.74, 6) is 7.09. The first-order chi connectivity index (χ1) is 8.22. The zero-order chi connectivity index (χ0) is 12.3. The first kappa shape index (κ1) is 12.2. The van der Waals surface area contributed by atoms with Gasteiger partial charge in [-0.25, -0.2) is 4.68 Å². The van der Waals surface area contributed by atoms with Crippen LogP contribution in [0.5, 0.6) is 0 Å². The number of aromatic nitrogens is 3. The minimum absolute atomic E-state index is 0.161. The van der Waals surface area contributed by atoms with Crippen LogP contribution in [0.4, 0.5) is 0 Å². The second-order valence-electron chi connectivity index (χ2n) is 4.00. The Bertz CT molecular complexity index is 399. The number of amides is 1. The summed E-state index contributed by atoms with van der Waals surface area (Å²) < 4.78 is 1.46. The highest BCUT2D eigenvalue weighted by Gasteiger charge is 2.19. The van der Waals surface area contributed by atoms with E-state index in [1.807, 2.05) is 11.8 Å². The molecule has 6 nitrogen and oxygen atoms in total. The lowest BCUT2D eigenvalue weighted by Gasteiger charge is -2.14. The third-order valence-electron chi connectivity index (χ3n) is 2.83. The summed E-state index contributed by atoms with van der Waals surface area (Å²) in [5, 5.41) is 8.52. The minimum atomic E-state index is 0.161. The van der Waals surface area contributed by atoms with Crippen molar-refractivity contribution in [3.63, 3.8) is 0 Å². The number of nitrogens with zero attached hydrogens (tertiary/aromatic N) is 4. The van der Waals surface area contributed by atoms with Gasteiger partial charge in [-0.15, -0.1) is 10.2 Å². The summed E-state index contributed by atoms with van der Waals surface area (Å²) in [5.41, 5.74) is 0. The number of thioether (sulfide) groups is 1. The fourth-order valence-electron chi connectivity index (χ4n) is 1.83. The highest BCUT2D eigenvalue weighted by Crippen LogP contribution is 2.17. The van der Waals surface area contributed by atoms with E-state index in [0.717, 1.165) is 38.2 Å². The molecule has 0 bridgehead atoms. The van der Waals surface area contributed by atoms with Crippen LogP contribution in [-0.2, 0) is 11.2 Å². The van der Waals surface area contributed by atoms with Crippen LogP contribution in [0.1, 0.15) is 25.6 Å². The zero-order valence-electron chi connectivity index (χ0n) is 9.93. The molecule has 0 unspecified atom stereocenters. The maximum absolute atomic E-state index is 11.8. The molecule has 1 aliphatic rings. The lowest BCUT2D eigenvalue weighted by Crippen LogP contribution is -2.29. The Balaban J connectivity index is 1.88. The SMILES string of the molecule is CCc1nnc(SCC(=O)N2CCCC2)n1N. The number of aryl methyl sites for hydroxylation is 1. The van der Waals surface area contributed by atoms with Gasteiger partial charge in [-0.2, -0.15) is 0 Å². The summed E-state index contributed by atoms with van der Waals surface area (Å²) in [6, 6.07) is 0. The van der Waals surface area contributed by atoms with Crippen molar-refractivity contribution in [1.82, 2.24) is 19.8 Å². The maximum Gasteiger partial charge on any atom is 0.233 e. The van der Waals surface area contributed by atoms with Gasteiger partial charge in [-0.3, -0.25) is 4.79 Å². The molecular weight excluding hydrogens is 238 g/mol. The first-order valence-corrected chi connectivity index (χ1v) is 6.81. The van der Waals surface area contributed by atoms with E-state index in [1.165, 1.54) is 16.4 Å². The summed E-state index contributed by atoms with van der Waals surface area (Å²) in [4.78, 5) is 13.7. The third kappa shape index (κ3) is 2.71. The van der Waals surface area contributed by atoms with E-state index in [-0.39, 0.29) is 5.91 Å². The molecular formula is C10H17N5OS. The highest BCUT2D eigenvalue weighted by molar-refractivity contribution is 7.99. The van der Waals surface area contributed by atoms with Gasteiger partial charge in [0.15, 0.2) is 5.82 Å². The van der Waals surface area contributed by atoms with Crippen molar-refractivity contribution in [1.29, 1.82) is 0 Å². The molecule has 0 aliphatic carbocycles. The van der Waals surface area contributed by atoms with Crippen molar-refractivity contribution in [2.24, 2.45) is 0 Å². The van der Waals surface area contributed by atoms with E-state index < -0.39 is 0 Å². The van der Waals surface area contributed by atoms with Crippen LogP contribution in [0.15, 0.2) is 5.16 Å². The predicted octanol–water partition coefficient (Wildman–Crippen LogP) is 0.269. The highest BCUT2D eigenvalue weighted by atomic mass is 32.2. The van der Waals surface area contributed by atoms with Gasteiger partial charge in [-0.1, -0.05) is 18.7 Å². The first-order valence-electron chi connectivity index (χ1n) is 5.82. The molecule has 0 aromatic carbocycles. The minimum Gasteiger partial charge on any atom is -0.342 e. The molecule has 1 aliphatic heterocycles. The number of likely N-dealkylation sites (tertiary alicyclic amines) is 1. The molecule has 1 aromatic rings. The van der Waals surface area contributed by atoms with Crippen molar-refractivity contribution in [2.75, 3.05) is 24.7 Å². The molecule has 0 spiro atoms. The van der Waals surface area contributed by atoms with Crippen LogP contribution in [-0.4, -0.2) is 44.5 Å². The molecule has 7 heteroatoms. The smallest absolute Gasteiger partial charge is 0.233 e. The number of carbonyl (C=O) groups excluding carboxylic acids is 1. The van der Waals surface area contributed by atoms with Crippen molar-refractivity contribution in [3.8, 4) is 0 Å². The van der Waals surface area contributed by atoms with Gasteiger partial charge in [0.25, 0.3) is 0 Å². The Hall–Kier alpha value is -1.24. The molecule has 0 radical (unpaired) electrons. The normalized spacial score (nSPS) is 15.5. The van der Waals surface area contributed by atoms with E-state index in [9.17, 15) is 4.79 Å². The van der Waals surface area contributed by atoms with E-state index in [4.69, 9.17) is 5.84 Å². The second-order valence-corrected chi connectivity index (χ2v) is 4.94. The topological polar surface area (TPSA) is 77.0 Å². The van der Waals surface area contributed by atoms with Gasteiger partial charge in [-0.05, 0) is 12.8 Å².